The minimum absolute atomic E-state index is 0.0503. The van der Waals surface area contributed by atoms with Crippen LogP contribution in [-0.2, 0) is 11.0 Å². The summed E-state index contributed by atoms with van der Waals surface area (Å²) in [5.74, 6) is -0.949. The number of nitrogens with one attached hydrogen (secondary N) is 2. The van der Waals surface area contributed by atoms with Gasteiger partial charge in [0.25, 0.3) is 5.91 Å². The second-order valence-corrected chi connectivity index (χ2v) is 8.51. The van der Waals surface area contributed by atoms with Crippen LogP contribution in [-0.4, -0.2) is 31.7 Å². The summed E-state index contributed by atoms with van der Waals surface area (Å²) in [6.07, 6.45) is 4.98. The molecule has 0 radical (unpaired) electrons. The van der Waals surface area contributed by atoms with Crippen molar-refractivity contribution in [3.05, 3.63) is 84.0 Å². The number of rotatable bonds is 8. The number of benzene rings is 1. The van der Waals surface area contributed by atoms with Crippen molar-refractivity contribution in [3.63, 3.8) is 0 Å². The Morgan fingerprint density at radius 3 is 2.39 bits per heavy atom. The lowest BCUT2D eigenvalue weighted by Crippen LogP contribution is -2.20. The molecule has 8 nitrogen and oxygen atoms in total. The molecule has 4 rings (SSSR count). The number of hydrogen-bond donors (Lipinski definition) is 3. The van der Waals surface area contributed by atoms with Gasteiger partial charge in [-0.1, -0.05) is 25.0 Å². The number of aliphatic carboxylic acids is 1. The third kappa shape index (κ3) is 6.09. The van der Waals surface area contributed by atoms with Crippen LogP contribution in [0.5, 0.6) is 0 Å². The van der Waals surface area contributed by atoms with Crippen molar-refractivity contribution in [1.82, 2.24) is 20.1 Å². The molecule has 3 N–H and O–H groups in total. The highest BCUT2D eigenvalue weighted by molar-refractivity contribution is 5.95. The third-order valence-corrected chi connectivity index (χ3v) is 6.06. The minimum Gasteiger partial charge on any atom is -0.478 e. The summed E-state index contributed by atoms with van der Waals surface area (Å²) in [5, 5.41) is 18.3. The third-order valence-electron chi connectivity index (χ3n) is 6.06. The summed E-state index contributed by atoms with van der Waals surface area (Å²) < 4.78 is 39.6. The summed E-state index contributed by atoms with van der Waals surface area (Å²) in [4.78, 5) is 27.0. The highest BCUT2D eigenvalue weighted by Gasteiger charge is 2.32. The average molecular weight is 499 g/mol. The zero-order chi connectivity index (χ0) is 25.7. The van der Waals surface area contributed by atoms with Crippen molar-refractivity contribution in [1.29, 1.82) is 0 Å². The van der Waals surface area contributed by atoms with Gasteiger partial charge in [0.15, 0.2) is 5.82 Å². The zero-order valence-electron chi connectivity index (χ0n) is 19.1. The van der Waals surface area contributed by atoms with Crippen molar-refractivity contribution < 1.29 is 27.9 Å². The highest BCUT2D eigenvalue weighted by atomic mass is 19.4. The molecule has 1 amide bonds. The molecule has 1 fully saturated rings. The van der Waals surface area contributed by atoms with Crippen LogP contribution >= 0.6 is 0 Å². The first-order valence-corrected chi connectivity index (χ1v) is 11.4. The summed E-state index contributed by atoms with van der Waals surface area (Å²) in [7, 11) is 0. The standard InChI is InChI=1S/C25H24F3N5O3/c26-25(27,28)19-13-31-33(15-19)21-10-9-20(14-30-21)32-23(16-3-1-2-4-16)17-5-7-18(8-6-17)24(36)29-12-11-22(34)35/h5-16,23,32H,1-4H2,(H,29,36)(H,34,35). The molecular weight excluding hydrogens is 475 g/mol. The Morgan fingerprint density at radius 2 is 1.81 bits per heavy atom. The van der Waals surface area contributed by atoms with Gasteiger partial charge in [-0.05, 0) is 48.6 Å². The molecule has 36 heavy (non-hydrogen) atoms. The predicted octanol–water partition coefficient (Wildman–Crippen LogP) is 4.96. The number of carboxylic acids is 1. The lowest BCUT2D eigenvalue weighted by Gasteiger charge is -2.26. The van der Waals surface area contributed by atoms with E-state index in [0.29, 0.717) is 17.2 Å². The van der Waals surface area contributed by atoms with Crippen LogP contribution in [0, 0.1) is 5.92 Å². The number of halogens is 3. The maximum atomic E-state index is 12.9. The Kier molecular flexibility index (Phi) is 7.37. The lowest BCUT2D eigenvalue weighted by molar-refractivity contribution is -0.137. The number of carbonyl (C=O) groups excluding carboxylic acids is 1. The number of nitrogens with zero attached hydrogens (tertiary/aromatic N) is 3. The number of carboxylic acid groups (broad SMARTS) is 1. The topological polar surface area (TPSA) is 109 Å². The number of amides is 1. The molecular formula is C25H24F3N5O3. The normalized spacial score (nSPS) is 15.2. The van der Waals surface area contributed by atoms with E-state index in [1.54, 1.807) is 30.5 Å². The number of anilines is 1. The molecule has 0 bridgehead atoms. The van der Waals surface area contributed by atoms with Gasteiger partial charge in [0, 0.05) is 24.0 Å². The van der Waals surface area contributed by atoms with Gasteiger partial charge < -0.3 is 15.7 Å². The molecule has 1 aliphatic rings. The van der Waals surface area contributed by atoms with E-state index in [4.69, 9.17) is 5.11 Å². The summed E-state index contributed by atoms with van der Waals surface area (Å²) in [6.45, 7) is 0. The van der Waals surface area contributed by atoms with Crippen molar-refractivity contribution in [2.75, 3.05) is 5.32 Å². The second-order valence-electron chi connectivity index (χ2n) is 8.51. The van der Waals surface area contributed by atoms with Crippen LogP contribution in [0.2, 0.25) is 0 Å². The van der Waals surface area contributed by atoms with Crippen LogP contribution in [0.3, 0.4) is 0 Å². The number of aromatic nitrogens is 3. The van der Waals surface area contributed by atoms with Gasteiger partial charge in [0.05, 0.1) is 29.7 Å². The molecule has 3 aromatic rings. The molecule has 0 spiro atoms. The number of carbonyl (C=O) groups is 2. The van der Waals surface area contributed by atoms with E-state index in [0.717, 1.165) is 60.6 Å². The minimum atomic E-state index is -4.47. The van der Waals surface area contributed by atoms with Crippen LogP contribution < -0.4 is 10.6 Å². The van der Waals surface area contributed by atoms with Crippen molar-refractivity contribution in [2.45, 2.75) is 37.9 Å². The highest BCUT2D eigenvalue weighted by Crippen LogP contribution is 2.38. The Balaban J connectivity index is 1.49. The number of hydrogen-bond acceptors (Lipinski definition) is 5. The SMILES string of the molecule is O=C(O)C=CNC(=O)c1ccc(C(Nc2ccc(-n3cc(C(F)(F)F)cn3)nc2)C2CCCC2)cc1. The molecule has 1 aromatic carbocycles. The second kappa shape index (κ2) is 10.6. The first kappa shape index (κ1) is 25.0. The van der Waals surface area contributed by atoms with Gasteiger partial charge in [0.1, 0.15) is 0 Å². The van der Waals surface area contributed by atoms with Crippen LogP contribution in [0.1, 0.15) is 53.2 Å². The summed E-state index contributed by atoms with van der Waals surface area (Å²) in [5.41, 5.74) is 1.23. The van der Waals surface area contributed by atoms with Gasteiger partial charge in [0.2, 0.25) is 0 Å². The van der Waals surface area contributed by atoms with Crippen molar-refractivity contribution in [2.24, 2.45) is 5.92 Å². The molecule has 1 unspecified atom stereocenters. The molecule has 1 atom stereocenters. The summed E-state index contributed by atoms with van der Waals surface area (Å²) in [6, 6.07) is 10.4. The van der Waals surface area contributed by atoms with Gasteiger partial charge in [-0.3, -0.25) is 4.79 Å². The Bertz CT molecular complexity index is 1230. The van der Waals surface area contributed by atoms with E-state index in [1.807, 2.05) is 12.1 Å². The Hall–Kier alpha value is -4.15. The van der Waals surface area contributed by atoms with Gasteiger partial charge in [-0.2, -0.15) is 18.3 Å². The fourth-order valence-corrected chi connectivity index (χ4v) is 4.26. The Morgan fingerprint density at radius 1 is 1.08 bits per heavy atom. The predicted molar refractivity (Wildman–Crippen MR) is 125 cm³/mol. The molecule has 11 heteroatoms. The fourth-order valence-electron chi connectivity index (χ4n) is 4.26. The average Bonchev–Trinajstić information content (AvgIpc) is 3.55. The maximum Gasteiger partial charge on any atom is 0.419 e. The monoisotopic (exact) mass is 499 g/mol. The molecule has 188 valence electrons. The smallest absolute Gasteiger partial charge is 0.419 e. The Labute approximate surface area is 204 Å². The number of alkyl halides is 3. The van der Waals surface area contributed by atoms with E-state index >= 15 is 0 Å². The van der Waals surface area contributed by atoms with Gasteiger partial charge in [-0.25, -0.2) is 14.5 Å². The van der Waals surface area contributed by atoms with E-state index in [2.05, 4.69) is 20.7 Å². The molecule has 2 heterocycles. The summed E-state index contributed by atoms with van der Waals surface area (Å²) >= 11 is 0. The largest absolute Gasteiger partial charge is 0.478 e. The first-order valence-electron chi connectivity index (χ1n) is 11.4. The van der Waals surface area contributed by atoms with E-state index in [9.17, 15) is 22.8 Å². The van der Waals surface area contributed by atoms with Gasteiger partial charge in [-0.15, -0.1) is 0 Å². The van der Waals surface area contributed by atoms with Crippen LogP contribution in [0.15, 0.2) is 67.3 Å². The van der Waals surface area contributed by atoms with Crippen molar-refractivity contribution >= 4 is 17.6 Å². The van der Waals surface area contributed by atoms with E-state index in [-0.39, 0.29) is 11.9 Å². The van der Waals surface area contributed by atoms with Crippen LogP contribution in [0.25, 0.3) is 5.82 Å². The maximum absolute atomic E-state index is 12.9. The van der Waals surface area contributed by atoms with Gasteiger partial charge >= 0.3 is 12.1 Å². The zero-order valence-corrected chi connectivity index (χ0v) is 19.1. The van der Waals surface area contributed by atoms with Crippen molar-refractivity contribution in [3.8, 4) is 5.82 Å². The molecule has 1 aliphatic carbocycles. The van der Waals surface area contributed by atoms with E-state index < -0.39 is 23.6 Å². The lowest BCUT2D eigenvalue weighted by atomic mass is 9.91. The fraction of sp³-hybridized carbons (Fsp3) is 0.280. The molecule has 1 saturated carbocycles. The quantitative estimate of drug-likeness (QED) is 0.378. The van der Waals surface area contributed by atoms with Crippen LogP contribution in [0.4, 0.5) is 18.9 Å². The molecule has 0 saturated heterocycles. The number of pyridine rings is 1. The molecule has 0 aliphatic heterocycles. The van der Waals surface area contributed by atoms with E-state index in [1.165, 1.54) is 0 Å². The first-order chi connectivity index (χ1) is 17.2. The molecule has 2 aromatic heterocycles.